The molecule has 0 aliphatic carbocycles. The fraction of sp³-hybridized carbons (Fsp3) is 0.632. The summed E-state index contributed by atoms with van der Waals surface area (Å²) in [5, 5.41) is 3.46. The molecule has 6 heteroatoms. The SMILES string of the molecule is CN=C(NCC(C)CN1CCN(C)CC1)N(C)Cc1ccc(F)cc1. The Hall–Kier alpha value is -1.66. The van der Waals surface area contributed by atoms with Crippen molar-refractivity contribution in [2.24, 2.45) is 10.9 Å². The van der Waals surface area contributed by atoms with Gasteiger partial charge in [0, 0.05) is 59.9 Å². The normalized spacial score (nSPS) is 18.2. The van der Waals surface area contributed by atoms with E-state index in [2.05, 4.69) is 39.0 Å². The first-order chi connectivity index (χ1) is 12.0. The summed E-state index contributed by atoms with van der Waals surface area (Å²) in [7, 11) is 5.99. The number of aliphatic imine (C=N–C) groups is 1. The van der Waals surface area contributed by atoms with Crippen LogP contribution in [0.15, 0.2) is 29.3 Å². The van der Waals surface area contributed by atoms with Crippen LogP contribution in [0.4, 0.5) is 4.39 Å². The Balaban J connectivity index is 1.75. The van der Waals surface area contributed by atoms with Crippen molar-refractivity contribution in [3.8, 4) is 0 Å². The fourth-order valence-corrected chi connectivity index (χ4v) is 3.12. The number of nitrogens with one attached hydrogen (secondary N) is 1. The van der Waals surface area contributed by atoms with Crippen LogP contribution < -0.4 is 5.32 Å². The Morgan fingerprint density at radius 1 is 1.24 bits per heavy atom. The average Bonchev–Trinajstić information content (AvgIpc) is 2.59. The summed E-state index contributed by atoms with van der Waals surface area (Å²) in [6, 6.07) is 6.62. The molecule has 0 aromatic heterocycles. The molecule has 1 aromatic carbocycles. The Bertz CT molecular complexity index is 537. The third-order valence-electron chi connectivity index (χ3n) is 4.68. The second-order valence-corrected chi connectivity index (χ2v) is 7.12. The van der Waals surface area contributed by atoms with Crippen molar-refractivity contribution in [2.45, 2.75) is 13.5 Å². The van der Waals surface area contributed by atoms with Crippen LogP contribution in [0.5, 0.6) is 0 Å². The van der Waals surface area contributed by atoms with Crippen LogP contribution in [0.25, 0.3) is 0 Å². The molecule has 1 fully saturated rings. The van der Waals surface area contributed by atoms with Gasteiger partial charge in [0.25, 0.3) is 0 Å². The van der Waals surface area contributed by atoms with E-state index in [1.807, 2.05) is 19.2 Å². The van der Waals surface area contributed by atoms with Gasteiger partial charge >= 0.3 is 0 Å². The molecule has 1 aromatic rings. The number of nitrogens with zero attached hydrogens (tertiary/aromatic N) is 4. The van der Waals surface area contributed by atoms with Crippen LogP contribution in [0, 0.1) is 11.7 Å². The van der Waals surface area contributed by atoms with Gasteiger partial charge in [-0.15, -0.1) is 0 Å². The summed E-state index contributed by atoms with van der Waals surface area (Å²) in [6.07, 6.45) is 0. The minimum atomic E-state index is -0.202. The van der Waals surface area contributed by atoms with E-state index in [1.54, 1.807) is 7.05 Å². The molecule has 1 aliphatic rings. The van der Waals surface area contributed by atoms with E-state index < -0.39 is 0 Å². The van der Waals surface area contributed by atoms with E-state index in [4.69, 9.17) is 0 Å². The van der Waals surface area contributed by atoms with Crippen LogP contribution in [-0.2, 0) is 6.54 Å². The highest BCUT2D eigenvalue weighted by Crippen LogP contribution is 2.07. The van der Waals surface area contributed by atoms with Gasteiger partial charge < -0.3 is 20.0 Å². The zero-order valence-corrected chi connectivity index (χ0v) is 16.0. The van der Waals surface area contributed by atoms with Crippen molar-refractivity contribution in [3.05, 3.63) is 35.6 Å². The van der Waals surface area contributed by atoms with Crippen LogP contribution in [0.1, 0.15) is 12.5 Å². The van der Waals surface area contributed by atoms with Gasteiger partial charge in [0.2, 0.25) is 0 Å². The van der Waals surface area contributed by atoms with Gasteiger partial charge in [-0.05, 0) is 30.7 Å². The number of piperazine rings is 1. The molecule has 1 unspecified atom stereocenters. The lowest BCUT2D eigenvalue weighted by Gasteiger charge is -2.34. The number of rotatable bonds is 6. The summed E-state index contributed by atoms with van der Waals surface area (Å²) in [5.41, 5.74) is 1.07. The van der Waals surface area contributed by atoms with Gasteiger partial charge in [-0.25, -0.2) is 4.39 Å². The topological polar surface area (TPSA) is 34.1 Å². The zero-order chi connectivity index (χ0) is 18.2. The Kier molecular flexibility index (Phi) is 7.65. The second-order valence-electron chi connectivity index (χ2n) is 7.12. The highest BCUT2D eigenvalue weighted by Gasteiger charge is 2.16. The minimum Gasteiger partial charge on any atom is -0.356 e. The molecule has 5 nitrogen and oxygen atoms in total. The zero-order valence-electron chi connectivity index (χ0n) is 16.0. The summed E-state index contributed by atoms with van der Waals surface area (Å²) in [4.78, 5) is 11.4. The summed E-state index contributed by atoms with van der Waals surface area (Å²) < 4.78 is 13.0. The highest BCUT2D eigenvalue weighted by atomic mass is 19.1. The number of guanidine groups is 1. The lowest BCUT2D eigenvalue weighted by Crippen LogP contribution is -2.47. The molecule has 0 radical (unpaired) electrons. The molecule has 25 heavy (non-hydrogen) atoms. The van der Waals surface area contributed by atoms with Crippen LogP contribution in [-0.4, -0.2) is 81.1 Å². The molecule has 140 valence electrons. The highest BCUT2D eigenvalue weighted by molar-refractivity contribution is 5.79. The number of benzene rings is 1. The Morgan fingerprint density at radius 3 is 2.48 bits per heavy atom. The van der Waals surface area contributed by atoms with Crippen LogP contribution >= 0.6 is 0 Å². The maximum atomic E-state index is 13.0. The molecule has 0 saturated carbocycles. The van der Waals surface area contributed by atoms with Crippen molar-refractivity contribution >= 4 is 5.96 Å². The lowest BCUT2D eigenvalue weighted by atomic mass is 10.1. The number of hydrogen-bond acceptors (Lipinski definition) is 3. The van der Waals surface area contributed by atoms with Crippen molar-refractivity contribution in [1.82, 2.24) is 20.0 Å². The number of likely N-dealkylation sites (N-methyl/N-ethyl adjacent to an activating group) is 1. The van der Waals surface area contributed by atoms with E-state index in [0.29, 0.717) is 12.5 Å². The van der Waals surface area contributed by atoms with E-state index >= 15 is 0 Å². The first kappa shape index (κ1) is 19.7. The predicted octanol–water partition coefficient (Wildman–Crippen LogP) is 1.72. The maximum absolute atomic E-state index is 13.0. The first-order valence-corrected chi connectivity index (χ1v) is 9.05. The van der Waals surface area contributed by atoms with Crippen molar-refractivity contribution in [2.75, 3.05) is 60.4 Å². The molecule has 1 saturated heterocycles. The molecule has 2 rings (SSSR count). The van der Waals surface area contributed by atoms with Gasteiger partial charge in [-0.2, -0.15) is 0 Å². The predicted molar refractivity (Wildman–Crippen MR) is 102 cm³/mol. The summed E-state index contributed by atoms with van der Waals surface area (Å²) in [5.74, 6) is 1.22. The van der Waals surface area contributed by atoms with Gasteiger partial charge in [0.05, 0.1) is 0 Å². The second kappa shape index (κ2) is 9.73. The van der Waals surface area contributed by atoms with E-state index in [9.17, 15) is 4.39 Å². The van der Waals surface area contributed by atoms with E-state index in [0.717, 1.165) is 50.8 Å². The largest absolute Gasteiger partial charge is 0.356 e. The standard InChI is InChI=1S/C19H32FN5/c1-16(14-25-11-9-23(3)10-12-25)13-22-19(21-2)24(4)15-17-5-7-18(20)8-6-17/h5-8,16H,9-15H2,1-4H3,(H,21,22). The van der Waals surface area contributed by atoms with Gasteiger partial charge in [0.1, 0.15) is 5.82 Å². The van der Waals surface area contributed by atoms with Crippen LogP contribution in [0.3, 0.4) is 0 Å². The molecule has 1 aliphatic heterocycles. The smallest absolute Gasteiger partial charge is 0.193 e. The fourth-order valence-electron chi connectivity index (χ4n) is 3.12. The Labute approximate surface area is 151 Å². The molecule has 0 bridgehead atoms. The van der Waals surface area contributed by atoms with Crippen LogP contribution in [0.2, 0.25) is 0 Å². The molecule has 1 atom stereocenters. The van der Waals surface area contributed by atoms with Crippen molar-refractivity contribution in [3.63, 3.8) is 0 Å². The monoisotopic (exact) mass is 349 g/mol. The van der Waals surface area contributed by atoms with Gasteiger partial charge in [0.15, 0.2) is 5.96 Å². The minimum absolute atomic E-state index is 0.202. The molecule has 0 amide bonds. The van der Waals surface area contributed by atoms with Gasteiger partial charge in [-0.1, -0.05) is 19.1 Å². The molecule has 0 spiro atoms. The Morgan fingerprint density at radius 2 is 1.88 bits per heavy atom. The third-order valence-corrected chi connectivity index (χ3v) is 4.68. The van der Waals surface area contributed by atoms with E-state index in [1.165, 1.54) is 12.1 Å². The first-order valence-electron chi connectivity index (χ1n) is 9.05. The summed E-state index contributed by atoms with van der Waals surface area (Å²) in [6.45, 7) is 9.60. The maximum Gasteiger partial charge on any atom is 0.193 e. The molecular weight excluding hydrogens is 317 g/mol. The quantitative estimate of drug-likeness (QED) is 0.626. The average molecular weight is 349 g/mol. The molecule has 1 N–H and O–H groups in total. The third kappa shape index (κ3) is 6.63. The number of halogens is 1. The van der Waals surface area contributed by atoms with Gasteiger partial charge in [-0.3, -0.25) is 4.99 Å². The van der Waals surface area contributed by atoms with Crippen molar-refractivity contribution < 1.29 is 4.39 Å². The van der Waals surface area contributed by atoms with Crippen molar-refractivity contribution in [1.29, 1.82) is 0 Å². The lowest BCUT2D eigenvalue weighted by molar-refractivity contribution is 0.139. The molecular formula is C19H32FN5. The summed E-state index contributed by atoms with van der Waals surface area (Å²) >= 11 is 0. The molecule has 1 heterocycles. The number of hydrogen-bond donors (Lipinski definition) is 1. The van der Waals surface area contributed by atoms with E-state index in [-0.39, 0.29) is 5.82 Å².